The van der Waals surface area contributed by atoms with Gasteiger partial charge in [0.25, 0.3) is 0 Å². The summed E-state index contributed by atoms with van der Waals surface area (Å²) in [7, 11) is 1.80. The Bertz CT molecular complexity index is 469. The highest BCUT2D eigenvalue weighted by atomic mass is 32.2. The van der Waals surface area contributed by atoms with Crippen molar-refractivity contribution in [2.75, 3.05) is 5.43 Å². The molecule has 0 amide bonds. The fourth-order valence-corrected chi connectivity index (χ4v) is 1.88. The standard InChI is InChI=1S/C8H11N7S/c1-15-8(12-13-14-15)16-5-7-4-6(11-9)2-3-10-7/h2-4H,5,9H2,1H3,(H,10,11). The van der Waals surface area contributed by atoms with Gasteiger partial charge in [-0.25, -0.2) is 4.68 Å². The van der Waals surface area contributed by atoms with Crippen molar-refractivity contribution in [3.8, 4) is 0 Å². The van der Waals surface area contributed by atoms with Gasteiger partial charge in [0.05, 0.1) is 11.4 Å². The third-order valence-corrected chi connectivity index (χ3v) is 2.96. The van der Waals surface area contributed by atoms with Gasteiger partial charge in [0, 0.05) is 19.0 Å². The normalized spacial score (nSPS) is 10.4. The topological polar surface area (TPSA) is 94.5 Å². The molecule has 0 atom stereocenters. The Balaban J connectivity index is 2.02. The predicted molar refractivity (Wildman–Crippen MR) is 60.4 cm³/mol. The fourth-order valence-electron chi connectivity index (χ4n) is 1.13. The summed E-state index contributed by atoms with van der Waals surface area (Å²) in [5.41, 5.74) is 4.33. The Labute approximate surface area is 96.4 Å². The third-order valence-electron chi connectivity index (χ3n) is 1.91. The molecule has 0 saturated heterocycles. The number of aromatic nitrogens is 5. The van der Waals surface area contributed by atoms with Crippen LogP contribution in [0.15, 0.2) is 23.5 Å². The van der Waals surface area contributed by atoms with Gasteiger partial charge in [-0.2, -0.15) is 0 Å². The van der Waals surface area contributed by atoms with E-state index in [0.29, 0.717) is 5.75 Å². The number of aryl methyl sites for hydroxylation is 1. The number of rotatable bonds is 4. The number of nitrogens with two attached hydrogens (primary N) is 1. The van der Waals surface area contributed by atoms with E-state index in [4.69, 9.17) is 5.84 Å². The van der Waals surface area contributed by atoms with Gasteiger partial charge in [0.1, 0.15) is 0 Å². The van der Waals surface area contributed by atoms with Crippen molar-refractivity contribution in [1.29, 1.82) is 0 Å². The van der Waals surface area contributed by atoms with E-state index in [2.05, 4.69) is 25.9 Å². The first kappa shape index (κ1) is 10.8. The SMILES string of the molecule is Cn1nnnc1SCc1cc(NN)ccn1. The number of nitrogen functional groups attached to an aromatic ring is 1. The molecule has 0 spiro atoms. The maximum absolute atomic E-state index is 5.31. The van der Waals surface area contributed by atoms with Gasteiger partial charge in [-0.1, -0.05) is 11.8 Å². The van der Waals surface area contributed by atoms with E-state index in [1.165, 1.54) is 11.8 Å². The Morgan fingerprint density at radius 2 is 2.44 bits per heavy atom. The summed E-state index contributed by atoms with van der Waals surface area (Å²) in [4.78, 5) is 4.22. The summed E-state index contributed by atoms with van der Waals surface area (Å²) in [6.45, 7) is 0. The second-order valence-corrected chi connectivity index (χ2v) is 4.00. The molecule has 84 valence electrons. The van der Waals surface area contributed by atoms with E-state index in [9.17, 15) is 0 Å². The molecule has 2 aromatic heterocycles. The highest BCUT2D eigenvalue weighted by Gasteiger charge is 2.04. The lowest BCUT2D eigenvalue weighted by Crippen LogP contribution is -2.07. The molecule has 2 aromatic rings. The minimum absolute atomic E-state index is 0.698. The van der Waals surface area contributed by atoms with Crippen LogP contribution < -0.4 is 11.3 Å². The zero-order valence-corrected chi connectivity index (χ0v) is 9.48. The number of hydrogen-bond donors (Lipinski definition) is 2. The van der Waals surface area contributed by atoms with Crippen LogP contribution in [0.3, 0.4) is 0 Å². The monoisotopic (exact) mass is 237 g/mol. The minimum Gasteiger partial charge on any atom is -0.324 e. The first-order valence-electron chi connectivity index (χ1n) is 4.56. The van der Waals surface area contributed by atoms with Gasteiger partial charge >= 0.3 is 0 Å². The van der Waals surface area contributed by atoms with Crippen LogP contribution in [0.1, 0.15) is 5.69 Å². The van der Waals surface area contributed by atoms with Crippen molar-refractivity contribution >= 4 is 17.4 Å². The molecular formula is C8H11N7S. The molecule has 0 bridgehead atoms. The first-order chi connectivity index (χ1) is 7.79. The average molecular weight is 237 g/mol. The molecule has 8 heteroatoms. The second kappa shape index (κ2) is 4.90. The molecule has 0 aromatic carbocycles. The van der Waals surface area contributed by atoms with Gasteiger partial charge in [0.2, 0.25) is 5.16 Å². The Morgan fingerprint density at radius 1 is 1.56 bits per heavy atom. The van der Waals surface area contributed by atoms with Crippen molar-refractivity contribution in [1.82, 2.24) is 25.2 Å². The molecule has 0 aliphatic rings. The van der Waals surface area contributed by atoms with Crippen LogP contribution >= 0.6 is 11.8 Å². The minimum atomic E-state index is 0.698. The number of tetrazole rings is 1. The largest absolute Gasteiger partial charge is 0.324 e. The lowest BCUT2D eigenvalue weighted by molar-refractivity contribution is 0.664. The van der Waals surface area contributed by atoms with Crippen molar-refractivity contribution in [3.05, 3.63) is 24.0 Å². The maximum atomic E-state index is 5.31. The van der Waals surface area contributed by atoms with Gasteiger partial charge in [-0.05, 0) is 22.6 Å². The number of pyridine rings is 1. The molecule has 0 aliphatic heterocycles. The molecule has 0 radical (unpaired) electrons. The second-order valence-electron chi connectivity index (χ2n) is 3.05. The lowest BCUT2D eigenvalue weighted by Gasteiger charge is -2.02. The zero-order valence-electron chi connectivity index (χ0n) is 8.66. The molecule has 2 heterocycles. The van der Waals surface area contributed by atoms with E-state index in [-0.39, 0.29) is 0 Å². The van der Waals surface area contributed by atoms with Gasteiger partial charge in [-0.3, -0.25) is 10.8 Å². The van der Waals surface area contributed by atoms with Crippen molar-refractivity contribution in [2.24, 2.45) is 12.9 Å². The van der Waals surface area contributed by atoms with Crippen LogP contribution in [-0.4, -0.2) is 25.2 Å². The molecule has 3 N–H and O–H groups in total. The number of hydrazine groups is 1. The molecule has 16 heavy (non-hydrogen) atoms. The number of nitrogens with zero attached hydrogens (tertiary/aromatic N) is 5. The molecule has 2 rings (SSSR count). The van der Waals surface area contributed by atoms with Gasteiger partial charge < -0.3 is 5.43 Å². The zero-order chi connectivity index (χ0) is 11.4. The smallest absolute Gasteiger partial charge is 0.209 e. The Morgan fingerprint density at radius 3 is 3.12 bits per heavy atom. The first-order valence-corrected chi connectivity index (χ1v) is 5.55. The maximum Gasteiger partial charge on any atom is 0.209 e. The number of anilines is 1. The highest BCUT2D eigenvalue weighted by molar-refractivity contribution is 7.98. The summed E-state index contributed by atoms with van der Waals surface area (Å²) in [6, 6.07) is 3.69. The predicted octanol–water partition coefficient (Wildman–Crippen LogP) is 0.183. The molecule has 0 fully saturated rings. The molecule has 0 aliphatic carbocycles. The van der Waals surface area contributed by atoms with Crippen LogP contribution in [0.4, 0.5) is 5.69 Å². The van der Waals surface area contributed by atoms with Gasteiger partial charge in [0.15, 0.2) is 0 Å². The summed E-state index contributed by atoms with van der Waals surface area (Å²) < 4.78 is 1.62. The summed E-state index contributed by atoms with van der Waals surface area (Å²) in [5, 5.41) is 11.9. The quantitative estimate of drug-likeness (QED) is 0.445. The van der Waals surface area contributed by atoms with Gasteiger partial charge in [-0.15, -0.1) is 5.10 Å². The number of thioether (sulfide) groups is 1. The summed E-state index contributed by atoms with van der Waals surface area (Å²) >= 11 is 1.52. The van der Waals surface area contributed by atoms with Crippen molar-refractivity contribution < 1.29 is 0 Å². The fraction of sp³-hybridized carbons (Fsp3) is 0.250. The van der Waals surface area contributed by atoms with Crippen LogP contribution in [-0.2, 0) is 12.8 Å². The Hall–Kier alpha value is -1.67. The van der Waals surface area contributed by atoms with E-state index in [0.717, 1.165) is 16.5 Å². The summed E-state index contributed by atoms with van der Waals surface area (Å²) in [5.74, 6) is 6.01. The van der Waals surface area contributed by atoms with E-state index in [1.807, 2.05) is 6.07 Å². The summed E-state index contributed by atoms with van der Waals surface area (Å²) in [6.07, 6.45) is 1.71. The van der Waals surface area contributed by atoms with E-state index >= 15 is 0 Å². The van der Waals surface area contributed by atoms with E-state index in [1.54, 1.807) is 24.0 Å². The van der Waals surface area contributed by atoms with Crippen LogP contribution in [0.5, 0.6) is 0 Å². The highest BCUT2D eigenvalue weighted by Crippen LogP contribution is 2.19. The van der Waals surface area contributed by atoms with Crippen LogP contribution in [0.2, 0.25) is 0 Å². The average Bonchev–Trinajstić information content (AvgIpc) is 2.72. The van der Waals surface area contributed by atoms with Crippen LogP contribution in [0.25, 0.3) is 0 Å². The molecule has 0 unspecified atom stereocenters. The number of nitrogens with one attached hydrogen (secondary N) is 1. The Kier molecular flexibility index (Phi) is 3.32. The molecule has 7 nitrogen and oxygen atoms in total. The van der Waals surface area contributed by atoms with Crippen molar-refractivity contribution in [3.63, 3.8) is 0 Å². The van der Waals surface area contributed by atoms with E-state index < -0.39 is 0 Å². The molecule has 0 saturated carbocycles. The number of hydrogen-bond acceptors (Lipinski definition) is 7. The third kappa shape index (κ3) is 2.47. The lowest BCUT2D eigenvalue weighted by atomic mass is 10.3. The van der Waals surface area contributed by atoms with Crippen molar-refractivity contribution in [2.45, 2.75) is 10.9 Å². The van der Waals surface area contributed by atoms with Crippen LogP contribution in [0, 0.1) is 0 Å². The molecular weight excluding hydrogens is 226 g/mol.